The summed E-state index contributed by atoms with van der Waals surface area (Å²) >= 11 is 0. The van der Waals surface area contributed by atoms with E-state index in [1.54, 1.807) is 18.2 Å². The summed E-state index contributed by atoms with van der Waals surface area (Å²) in [6, 6.07) is 5.61. The Morgan fingerprint density at radius 3 is 2.38 bits per heavy atom. The predicted molar refractivity (Wildman–Crippen MR) is 99.7 cm³/mol. The molecule has 0 saturated heterocycles. The van der Waals surface area contributed by atoms with Gasteiger partial charge in [-0.2, -0.15) is 5.26 Å². The van der Waals surface area contributed by atoms with Gasteiger partial charge in [-0.05, 0) is 36.1 Å². The van der Waals surface area contributed by atoms with Gasteiger partial charge in [0.2, 0.25) is 5.91 Å². The fraction of sp³-hybridized carbons (Fsp3) is 0.421. The normalized spacial score (nSPS) is 14.6. The van der Waals surface area contributed by atoms with Crippen LogP contribution in [0, 0.1) is 17.2 Å². The summed E-state index contributed by atoms with van der Waals surface area (Å²) in [6.45, 7) is 3.89. The number of amides is 1. The molecule has 0 spiro atoms. The molecule has 6 N–H and O–H groups in total. The molecule has 0 bridgehead atoms. The Balaban J connectivity index is 2.84. The minimum Gasteiger partial charge on any atom is -0.508 e. The summed E-state index contributed by atoms with van der Waals surface area (Å²) in [7, 11) is 0. The molecule has 7 nitrogen and oxygen atoms in total. The molecule has 26 heavy (non-hydrogen) atoms. The van der Waals surface area contributed by atoms with Crippen LogP contribution in [0.3, 0.4) is 0 Å². The summed E-state index contributed by atoms with van der Waals surface area (Å²) in [4.78, 5) is 24.7. The second-order valence-electron chi connectivity index (χ2n) is 6.60. The molecule has 140 valence electrons. The number of carbonyl (C=O) groups excluding carboxylic acids is 2. The standard InChI is InChI=1S/C19H26N4O3/c1-12(2)9-16(22)19(26)23-17(10-14(21)11-20)18(25)8-5-13-3-6-15(24)7-4-13/h3-8,12,14,16-17,24H,9-10,21-22H2,1-2H3,(H,23,26)/b8-5+/t14?,16-,17?/m0/s1. The zero-order chi connectivity index (χ0) is 19.7. The Labute approximate surface area is 153 Å². The van der Waals surface area contributed by atoms with E-state index in [4.69, 9.17) is 16.7 Å². The highest BCUT2D eigenvalue weighted by Crippen LogP contribution is 2.11. The number of nitrogens with two attached hydrogens (primary N) is 2. The number of carbonyl (C=O) groups is 2. The van der Waals surface area contributed by atoms with Gasteiger partial charge in [0.1, 0.15) is 5.75 Å². The fourth-order valence-electron chi connectivity index (χ4n) is 2.33. The first-order chi connectivity index (χ1) is 12.2. The van der Waals surface area contributed by atoms with Crippen LogP contribution in [0.25, 0.3) is 6.08 Å². The van der Waals surface area contributed by atoms with Crippen LogP contribution in [0.15, 0.2) is 30.3 Å². The van der Waals surface area contributed by atoms with Crippen LogP contribution in [0.2, 0.25) is 0 Å². The lowest BCUT2D eigenvalue weighted by molar-refractivity contribution is -0.127. The van der Waals surface area contributed by atoms with Gasteiger partial charge in [-0.25, -0.2) is 0 Å². The van der Waals surface area contributed by atoms with E-state index >= 15 is 0 Å². The highest BCUT2D eigenvalue weighted by atomic mass is 16.3. The molecule has 0 saturated carbocycles. The van der Waals surface area contributed by atoms with Crippen LogP contribution in [0.4, 0.5) is 0 Å². The lowest BCUT2D eigenvalue weighted by atomic mass is 10.0. The average Bonchev–Trinajstić information content (AvgIpc) is 2.59. The van der Waals surface area contributed by atoms with Crippen molar-refractivity contribution in [3.8, 4) is 11.8 Å². The number of nitrogens with zero attached hydrogens (tertiary/aromatic N) is 1. The smallest absolute Gasteiger partial charge is 0.237 e. The summed E-state index contributed by atoms with van der Waals surface area (Å²) in [5, 5.41) is 20.8. The van der Waals surface area contributed by atoms with Crippen LogP contribution < -0.4 is 16.8 Å². The van der Waals surface area contributed by atoms with Gasteiger partial charge in [0.15, 0.2) is 5.78 Å². The van der Waals surface area contributed by atoms with E-state index in [1.165, 1.54) is 18.2 Å². The molecular weight excluding hydrogens is 332 g/mol. The Kier molecular flexibility index (Phi) is 8.49. The van der Waals surface area contributed by atoms with E-state index in [2.05, 4.69) is 5.32 Å². The third kappa shape index (κ3) is 7.47. The van der Waals surface area contributed by atoms with Crippen LogP contribution in [-0.4, -0.2) is 34.9 Å². The van der Waals surface area contributed by atoms with Gasteiger partial charge in [0, 0.05) is 6.42 Å². The SMILES string of the molecule is CC(C)C[C@H](N)C(=O)NC(CC(N)C#N)C(=O)/C=C/c1ccc(O)cc1. The van der Waals surface area contributed by atoms with E-state index in [1.807, 2.05) is 19.9 Å². The average molecular weight is 358 g/mol. The van der Waals surface area contributed by atoms with E-state index in [0.29, 0.717) is 12.0 Å². The molecule has 0 radical (unpaired) electrons. The van der Waals surface area contributed by atoms with Crippen molar-refractivity contribution < 1.29 is 14.7 Å². The quantitative estimate of drug-likeness (QED) is 0.486. The van der Waals surface area contributed by atoms with Crippen molar-refractivity contribution in [3.63, 3.8) is 0 Å². The maximum atomic E-state index is 12.5. The first kappa shape index (κ1) is 21.4. The highest BCUT2D eigenvalue weighted by Gasteiger charge is 2.24. The molecule has 1 aromatic carbocycles. The fourth-order valence-corrected chi connectivity index (χ4v) is 2.33. The lowest BCUT2D eigenvalue weighted by Crippen LogP contribution is -2.50. The number of ketones is 1. The zero-order valence-corrected chi connectivity index (χ0v) is 15.1. The molecule has 2 unspecified atom stereocenters. The number of nitriles is 1. The molecule has 0 aliphatic carbocycles. The van der Waals surface area contributed by atoms with E-state index in [9.17, 15) is 14.7 Å². The van der Waals surface area contributed by atoms with Crippen molar-refractivity contribution in [3.05, 3.63) is 35.9 Å². The third-order valence-electron chi connectivity index (χ3n) is 3.71. The molecule has 0 aliphatic rings. The van der Waals surface area contributed by atoms with Gasteiger partial charge in [0.05, 0.1) is 24.2 Å². The zero-order valence-electron chi connectivity index (χ0n) is 15.1. The Morgan fingerprint density at radius 1 is 1.23 bits per heavy atom. The summed E-state index contributed by atoms with van der Waals surface area (Å²) in [5.74, 6) is -0.465. The third-order valence-corrected chi connectivity index (χ3v) is 3.71. The van der Waals surface area contributed by atoms with Crippen molar-refractivity contribution in [2.45, 2.75) is 44.8 Å². The number of hydrogen-bond donors (Lipinski definition) is 4. The van der Waals surface area contributed by atoms with Crippen molar-refractivity contribution in [1.29, 1.82) is 5.26 Å². The minimum absolute atomic E-state index is 0.00457. The maximum Gasteiger partial charge on any atom is 0.237 e. The van der Waals surface area contributed by atoms with Crippen LogP contribution >= 0.6 is 0 Å². The molecule has 1 aromatic rings. The first-order valence-corrected chi connectivity index (χ1v) is 8.45. The number of nitrogens with one attached hydrogen (secondary N) is 1. The van der Waals surface area contributed by atoms with Crippen LogP contribution in [0.1, 0.15) is 32.3 Å². The van der Waals surface area contributed by atoms with Crippen molar-refractivity contribution in [1.82, 2.24) is 5.32 Å². The molecule has 0 fully saturated rings. The second kappa shape index (κ2) is 10.3. The molecule has 1 amide bonds. The molecule has 7 heteroatoms. The van der Waals surface area contributed by atoms with Gasteiger partial charge in [0.25, 0.3) is 0 Å². The summed E-state index contributed by atoms with van der Waals surface area (Å²) in [5.41, 5.74) is 12.2. The van der Waals surface area contributed by atoms with E-state index in [-0.39, 0.29) is 23.9 Å². The Morgan fingerprint density at radius 2 is 1.85 bits per heavy atom. The van der Waals surface area contributed by atoms with Gasteiger partial charge in [-0.1, -0.05) is 32.1 Å². The number of hydrogen-bond acceptors (Lipinski definition) is 6. The highest BCUT2D eigenvalue weighted by molar-refractivity contribution is 6.00. The van der Waals surface area contributed by atoms with Gasteiger partial charge in [-0.3, -0.25) is 9.59 Å². The summed E-state index contributed by atoms with van der Waals surface area (Å²) < 4.78 is 0. The number of phenols is 1. The number of benzene rings is 1. The predicted octanol–water partition coefficient (Wildman–Crippen LogP) is 1.07. The number of rotatable bonds is 9. The Hall–Kier alpha value is -2.69. The van der Waals surface area contributed by atoms with Crippen molar-refractivity contribution >= 4 is 17.8 Å². The van der Waals surface area contributed by atoms with Crippen LogP contribution in [0.5, 0.6) is 5.75 Å². The van der Waals surface area contributed by atoms with Crippen LogP contribution in [-0.2, 0) is 9.59 Å². The summed E-state index contributed by atoms with van der Waals surface area (Å²) in [6.07, 6.45) is 3.36. The molecule has 0 aromatic heterocycles. The van der Waals surface area contributed by atoms with E-state index < -0.39 is 24.0 Å². The minimum atomic E-state index is -0.927. The Bertz CT molecular complexity index is 677. The molecule has 0 heterocycles. The van der Waals surface area contributed by atoms with E-state index in [0.717, 1.165) is 0 Å². The lowest BCUT2D eigenvalue weighted by Gasteiger charge is -2.20. The molecule has 3 atom stereocenters. The molecule has 1 rings (SSSR count). The molecule has 0 aliphatic heterocycles. The molecular formula is C19H26N4O3. The monoisotopic (exact) mass is 358 g/mol. The van der Waals surface area contributed by atoms with Gasteiger partial charge in [-0.15, -0.1) is 0 Å². The second-order valence-corrected chi connectivity index (χ2v) is 6.60. The first-order valence-electron chi connectivity index (χ1n) is 8.45. The van der Waals surface area contributed by atoms with Gasteiger partial charge < -0.3 is 21.9 Å². The number of phenolic OH excluding ortho intramolecular Hbond substituents is 1. The topological polar surface area (TPSA) is 142 Å². The maximum absolute atomic E-state index is 12.5. The number of aromatic hydroxyl groups is 1. The van der Waals surface area contributed by atoms with Gasteiger partial charge >= 0.3 is 0 Å². The van der Waals surface area contributed by atoms with Crippen molar-refractivity contribution in [2.75, 3.05) is 0 Å². The van der Waals surface area contributed by atoms with Crippen molar-refractivity contribution in [2.24, 2.45) is 17.4 Å². The largest absolute Gasteiger partial charge is 0.508 e.